The number of halogens is 1. The summed E-state index contributed by atoms with van der Waals surface area (Å²) in [6.45, 7) is 0.539. The summed E-state index contributed by atoms with van der Waals surface area (Å²) in [6.07, 6.45) is 2.52. The molecule has 8 heteroatoms. The molecule has 0 aliphatic heterocycles. The fraction of sp³-hybridized carbons (Fsp3) is 0.250. The third-order valence-electron chi connectivity index (χ3n) is 2.71. The van der Waals surface area contributed by atoms with Crippen molar-refractivity contribution in [2.75, 3.05) is 11.9 Å². The lowest BCUT2D eigenvalue weighted by Crippen LogP contribution is -2.25. The lowest BCUT2D eigenvalue weighted by molar-refractivity contribution is 0.160. The van der Waals surface area contributed by atoms with Crippen LogP contribution in [-0.4, -0.2) is 37.7 Å². The molecule has 2 aromatic heterocycles. The van der Waals surface area contributed by atoms with Crippen molar-refractivity contribution >= 4 is 17.1 Å². The molecule has 1 unspecified atom stereocenters. The Morgan fingerprint density at radius 3 is 3.15 bits per heavy atom. The summed E-state index contributed by atoms with van der Waals surface area (Å²) in [6, 6.07) is 4.35. The van der Waals surface area contributed by atoms with Crippen LogP contribution in [0, 0.1) is 5.82 Å². The first kappa shape index (κ1) is 12.5. The maximum absolute atomic E-state index is 13.0. The van der Waals surface area contributed by atoms with Crippen LogP contribution in [0.2, 0.25) is 0 Å². The van der Waals surface area contributed by atoms with Crippen LogP contribution in [0.3, 0.4) is 0 Å². The lowest BCUT2D eigenvalue weighted by Gasteiger charge is -2.09. The van der Waals surface area contributed by atoms with Crippen molar-refractivity contribution in [3.8, 4) is 0 Å². The van der Waals surface area contributed by atoms with Gasteiger partial charge in [-0.2, -0.15) is 4.98 Å². The number of benzene rings is 1. The number of oxazole rings is 1. The van der Waals surface area contributed by atoms with Crippen LogP contribution in [0.15, 0.2) is 35.0 Å². The van der Waals surface area contributed by atoms with Crippen LogP contribution in [0.1, 0.15) is 0 Å². The Bertz CT molecular complexity index is 697. The molecule has 20 heavy (non-hydrogen) atoms. The number of rotatable bonds is 5. The molecule has 0 radical (unpaired) electrons. The highest BCUT2D eigenvalue weighted by Crippen LogP contribution is 2.19. The molecule has 1 atom stereocenters. The number of aliphatic hydroxyl groups excluding tert-OH is 1. The molecular weight excluding hydrogens is 265 g/mol. The maximum Gasteiger partial charge on any atom is 0.295 e. The summed E-state index contributed by atoms with van der Waals surface area (Å²) >= 11 is 0. The highest BCUT2D eigenvalue weighted by Gasteiger charge is 2.10. The minimum absolute atomic E-state index is 0.231. The number of hydrogen-bond donors (Lipinski definition) is 2. The SMILES string of the molecule is OC(CNc1nc2ccc(F)cc2o1)Cn1ccnn1. The van der Waals surface area contributed by atoms with Crippen LogP contribution in [0.5, 0.6) is 0 Å². The second kappa shape index (κ2) is 5.25. The Hall–Kier alpha value is -2.48. The summed E-state index contributed by atoms with van der Waals surface area (Å²) in [5, 5.41) is 20.1. The van der Waals surface area contributed by atoms with Crippen LogP contribution in [0.25, 0.3) is 11.1 Å². The van der Waals surface area contributed by atoms with E-state index in [4.69, 9.17) is 4.42 Å². The third-order valence-corrected chi connectivity index (χ3v) is 2.71. The lowest BCUT2D eigenvalue weighted by atomic mass is 10.3. The molecule has 0 aliphatic carbocycles. The van der Waals surface area contributed by atoms with E-state index in [1.54, 1.807) is 6.20 Å². The van der Waals surface area contributed by atoms with Gasteiger partial charge in [-0.3, -0.25) is 0 Å². The van der Waals surface area contributed by atoms with Gasteiger partial charge in [0.1, 0.15) is 11.3 Å². The number of nitrogens with one attached hydrogen (secondary N) is 1. The molecule has 0 amide bonds. The van der Waals surface area contributed by atoms with Gasteiger partial charge in [-0.25, -0.2) is 9.07 Å². The molecule has 1 aromatic carbocycles. The Labute approximate surface area is 113 Å². The number of hydrogen-bond acceptors (Lipinski definition) is 6. The zero-order valence-corrected chi connectivity index (χ0v) is 10.4. The Balaban J connectivity index is 1.61. The normalized spacial score (nSPS) is 12.7. The molecule has 104 valence electrons. The monoisotopic (exact) mass is 277 g/mol. The topological polar surface area (TPSA) is 89.0 Å². The first-order valence-corrected chi connectivity index (χ1v) is 6.03. The van der Waals surface area contributed by atoms with E-state index >= 15 is 0 Å². The highest BCUT2D eigenvalue weighted by atomic mass is 19.1. The van der Waals surface area contributed by atoms with Gasteiger partial charge in [0, 0.05) is 18.8 Å². The fourth-order valence-electron chi connectivity index (χ4n) is 1.79. The van der Waals surface area contributed by atoms with Gasteiger partial charge < -0.3 is 14.8 Å². The predicted molar refractivity (Wildman–Crippen MR) is 68.5 cm³/mol. The molecule has 0 saturated heterocycles. The second-order valence-corrected chi connectivity index (χ2v) is 4.29. The summed E-state index contributed by atoms with van der Waals surface area (Å²) in [7, 11) is 0. The zero-order chi connectivity index (χ0) is 13.9. The average molecular weight is 277 g/mol. The Morgan fingerprint density at radius 2 is 2.35 bits per heavy atom. The van der Waals surface area contributed by atoms with Crippen molar-refractivity contribution in [3.05, 3.63) is 36.4 Å². The van der Waals surface area contributed by atoms with Crippen molar-refractivity contribution in [1.29, 1.82) is 0 Å². The third kappa shape index (κ3) is 2.75. The molecule has 3 rings (SSSR count). The number of nitrogens with zero attached hydrogens (tertiary/aromatic N) is 4. The van der Waals surface area contributed by atoms with E-state index in [0.717, 1.165) is 0 Å². The highest BCUT2D eigenvalue weighted by molar-refractivity contribution is 5.74. The molecule has 0 aliphatic rings. The van der Waals surface area contributed by atoms with E-state index in [1.807, 2.05) is 0 Å². The summed E-state index contributed by atoms with van der Waals surface area (Å²) in [5.41, 5.74) is 0.915. The fourth-order valence-corrected chi connectivity index (χ4v) is 1.79. The number of fused-ring (bicyclic) bond motifs is 1. The molecule has 2 heterocycles. The molecule has 7 nitrogen and oxygen atoms in total. The van der Waals surface area contributed by atoms with Crippen LogP contribution >= 0.6 is 0 Å². The van der Waals surface area contributed by atoms with Crippen molar-refractivity contribution in [1.82, 2.24) is 20.0 Å². The number of aliphatic hydroxyl groups is 1. The molecular formula is C12H12FN5O2. The van der Waals surface area contributed by atoms with E-state index < -0.39 is 6.10 Å². The van der Waals surface area contributed by atoms with Gasteiger partial charge in [0.2, 0.25) is 0 Å². The van der Waals surface area contributed by atoms with E-state index in [9.17, 15) is 9.50 Å². The smallest absolute Gasteiger partial charge is 0.295 e. The van der Waals surface area contributed by atoms with Crippen LogP contribution in [0.4, 0.5) is 10.4 Å². The summed E-state index contributed by atoms with van der Waals surface area (Å²) in [5.74, 6) is -0.383. The predicted octanol–water partition coefficient (Wildman–Crippen LogP) is 1.03. The van der Waals surface area contributed by atoms with Gasteiger partial charge in [0.25, 0.3) is 6.01 Å². The van der Waals surface area contributed by atoms with Crippen LogP contribution < -0.4 is 5.32 Å². The van der Waals surface area contributed by atoms with Gasteiger partial charge in [-0.15, -0.1) is 5.10 Å². The molecule has 0 saturated carbocycles. The van der Waals surface area contributed by atoms with Crippen LogP contribution in [-0.2, 0) is 6.54 Å². The molecule has 0 fully saturated rings. The maximum atomic E-state index is 13.0. The molecule has 0 spiro atoms. The van der Waals surface area contributed by atoms with Crippen molar-refractivity contribution in [3.63, 3.8) is 0 Å². The Morgan fingerprint density at radius 1 is 1.45 bits per heavy atom. The summed E-state index contributed by atoms with van der Waals surface area (Å²) < 4.78 is 19.9. The quantitative estimate of drug-likeness (QED) is 0.724. The van der Waals surface area contributed by atoms with E-state index in [1.165, 1.54) is 29.1 Å². The minimum atomic E-state index is -0.677. The number of aromatic nitrogens is 4. The molecule has 3 aromatic rings. The first-order chi connectivity index (χ1) is 9.70. The standard InChI is InChI=1S/C12H12FN5O2/c13-8-1-2-10-11(5-8)20-12(16-10)14-6-9(19)7-18-4-3-15-17-18/h1-5,9,19H,6-7H2,(H,14,16). The van der Waals surface area contributed by atoms with Crippen molar-refractivity contribution in [2.45, 2.75) is 12.6 Å². The first-order valence-electron chi connectivity index (χ1n) is 6.03. The summed E-state index contributed by atoms with van der Waals surface area (Å²) in [4.78, 5) is 4.13. The Kier molecular flexibility index (Phi) is 3.30. The van der Waals surface area contributed by atoms with Gasteiger partial charge in [0.05, 0.1) is 18.8 Å². The van der Waals surface area contributed by atoms with Crippen molar-refractivity contribution in [2.24, 2.45) is 0 Å². The largest absolute Gasteiger partial charge is 0.423 e. The van der Waals surface area contributed by atoms with E-state index in [0.29, 0.717) is 17.6 Å². The van der Waals surface area contributed by atoms with E-state index in [-0.39, 0.29) is 18.4 Å². The van der Waals surface area contributed by atoms with Gasteiger partial charge in [-0.1, -0.05) is 5.21 Å². The van der Waals surface area contributed by atoms with E-state index in [2.05, 4.69) is 20.6 Å². The van der Waals surface area contributed by atoms with Gasteiger partial charge in [-0.05, 0) is 12.1 Å². The second-order valence-electron chi connectivity index (χ2n) is 4.29. The molecule has 0 bridgehead atoms. The molecule has 2 N–H and O–H groups in total. The van der Waals surface area contributed by atoms with Crippen molar-refractivity contribution < 1.29 is 13.9 Å². The van der Waals surface area contributed by atoms with Gasteiger partial charge in [0.15, 0.2) is 5.58 Å². The number of anilines is 1. The van der Waals surface area contributed by atoms with Gasteiger partial charge >= 0.3 is 0 Å². The average Bonchev–Trinajstić information content (AvgIpc) is 3.04. The zero-order valence-electron chi connectivity index (χ0n) is 10.4. The minimum Gasteiger partial charge on any atom is -0.423 e.